The molecule has 0 unspecified atom stereocenters. The van der Waals surface area contributed by atoms with Crippen LogP contribution in [-0.2, 0) is 10.0 Å². The van der Waals surface area contributed by atoms with Gasteiger partial charge in [-0.15, -0.1) is 11.8 Å². The molecule has 0 saturated heterocycles. The van der Waals surface area contributed by atoms with Crippen molar-refractivity contribution < 1.29 is 8.42 Å². The van der Waals surface area contributed by atoms with E-state index in [9.17, 15) is 8.42 Å². The number of halogens is 2. The summed E-state index contributed by atoms with van der Waals surface area (Å²) >= 11 is 8.07. The molecule has 112 valence electrons. The summed E-state index contributed by atoms with van der Waals surface area (Å²) in [6, 6.07) is 10.3. The number of nitrogens with two attached hydrogens (primary N) is 1. The minimum atomic E-state index is -3.72. The third kappa shape index (κ3) is 3.94. The number of anilines is 2. The SMILES string of the molecule is CSc1ccc(NS(=O)(=O)c2c(Br)cc(N)cc2Br)cc1. The summed E-state index contributed by atoms with van der Waals surface area (Å²) in [5, 5.41) is 0. The molecule has 0 aromatic heterocycles. The maximum absolute atomic E-state index is 12.5. The minimum Gasteiger partial charge on any atom is -0.399 e. The maximum atomic E-state index is 12.5. The highest BCUT2D eigenvalue weighted by atomic mass is 79.9. The summed E-state index contributed by atoms with van der Waals surface area (Å²) < 4.78 is 28.3. The number of rotatable bonds is 4. The van der Waals surface area contributed by atoms with Gasteiger partial charge in [0.1, 0.15) is 4.90 Å². The van der Waals surface area contributed by atoms with Crippen LogP contribution in [0.3, 0.4) is 0 Å². The van der Waals surface area contributed by atoms with Crippen LogP contribution in [0.1, 0.15) is 0 Å². The summed E-state index contributed by atoms with van der Waals surface area (Å²) in [7, 11) is -3.72. The summed E-state index contributed by atoms with van der Waals surface area (Å²) in [5.41, 5.74) is 6.65. The molecule has 8 heteroatoms. The standard InChI is InChI=1S/C13H12Br2N2O2S2/c1-20-10-4-2-9(3-5-10)17-21(18,19)13-11(14)6-8(16)7-12(13)15/h2-7,17H,16H2,1H3. The van der Waals surface area contributed by atoms with Crippen LogP contribution >= 0.6 is 43.6 Å². The van der Waals surface area contributed by atoms with Gasteiger partial charge >= 0.3 is 0 Å². The Hall–Kier alpha value is -0.700. The summed E-state index contributed by atoms with van der Waals surface area (Å²) in [5.74, 6) is 0. The second kappa shape index (κ2) is 6.60. The highest BCUT2D eigenvalue weighted by molar-refractivity contribution is 9.11. The van der Waals surface area contributed by atoms with Gasteiger partial charge in [0.15, 0.2) is 0 Å². The molecule has 0 fully saturated rings. The van der Waals surface area contributed by atoms with E-state index < -0.39 is 10.0 Å². The van der Waals surface area contributed by atoms with Gasteiger partial charge in [0, 0.05) is 25.2 Å². The molecule has 2 aromatic rings. The van der Waals surface area contributed by atoms with Crippen LogP contribution in [0.25, 0.3) is 0 Å². The largest absolute Gasteiger partial charge is 0.399 e. The molecule has 0 heterocycles. The molecule has 0 saturated carbocycles. The highest BCUT2D eigenvalue weighted by Crippen LogP contribution is 2.33. The first-order valence-corrected chi connectivity index (χ1v) is 10.0. The van der Waals surface area contributed by atoms with Gasteiger partial charge in [0.25, 0.3) is 10.0 Å². The number of nitrogens with one attached hydrogen (secondary N) is 1. The van der Waals surface area contributed by atoms with Gasteiger partial charge < -0.3 is 5.73 Å². The van der Waals surface area contributed by atoms with Gasteiger partial charge in [-0.2, -0.15) is 0 Å². The lowest BCUT2D eigenvalue weighted by Crippen LogP contribution is -2.14. The fraction of sp³-hybridized carbons (Fsp3) is 0.0769. The van der Waals surface area contributed by atoms with Crippen molar-refractivity contribution in [3.63, 3.8) is 0 Å². The normalized spacial score (nSPS) is 11.4. The van der Waals surface area contributed by atoms with Gasteiger partial charge in [-0.25, -0.2) is 8.42 Å². The highest BCUT2D eigenvalue weighted by Gasteiger charge is 2.21. The number of thioether (sulfide) groups is 1. The predicted molar refractivity (Wildman–Crippen MR) is 95.3 cm³/mol. The Morgan fingerprint density at radius 1 is 1.10 bits per heavy atom. The molecule has 2 aromatic carbocycles. The summed E-state index contributed by atoms with van der Waals surface area (Å²) in [6.07, 6.45) is 1.96. The topological polar surface area (TPSA) is 72.2 Å². The minimum absolute atomic E-state index is 0.116. The summed E-state index contributed by atoms with van der Waals surface area (Å²) in [6.45, 7) is 0. The van der Waals surface area contributed by atoms with Crippen LogP contribution < -0.4 is 10.5 Å². The van der Waals surface area contributed by atoms with E-state index in [0.717, 1.165) is 4.90 Å². The van der Waals surface area contributed by atoms with Crippen LogP contribution in [0, 0.1) is 0 Å². The second-order valence-electron chi connectivity index (χ2n) is 4.15. The lowest BCUT2D eigenvalue weighted by molar-refractivity contribution is 0.600. The Morgan fingerprint density at radius 2 is 1.62 bits per heavy atom. The second-order valence-corrected chi connectivity index (χ2v) is 8.36. The van der Waals surface area contributed by atoms with Gasteiger partial charge in [0.2, 0.25) is 0 Å². The van der Waals surface area contributed by atoms with Gasteiger partial charge in [0.05, 0.1) is 0 Å². The average molecular weight is 452 g/mol. The third-order valence-electron chi connectivity index (χ3n) is 2.63. The van der Waals surface area contributed by atoms with Crippen LogP contribution in [0.2, 0.25) is 0 Å². The Morgan fingerprint density at radius 3 is 2.10 bits per heavy atom. The van der Waals surface area contributed by atoms with Gasteiger partial charge in [-0.1, -0.05) is 0 Å². The molecule has 21 heavy (non-hydrogen) atoms. The van der Waals surface area contributed by atoms with Gasteiger partial charge in [-0.05, 0) is 74.5 Å². The molecule has 0 aliphatic rings. The Kier molecular flexibility index (Phi) is 5.24. The Balaban J connectivity index is 2.38. The fourth-order valence-corrected chi connectivity index (χ4v) is 5.79. The lowest BCUT2D eigenvalue weighted by atomic mass is 10.3. The maximum Gasteiger partial charge on any atom is 0.264 e. The lowest BCUT2D eigenvalue weighted by Gasteiger charge is -2.12. The molecule has 3 N–H and O–H groups in total. The van der Waals surface area contributed by atoms with Crippen molar-refractivity contribution in [1.29, 1.82) is 0 Å². The van der Waals surface area contributed by atoms with E-state index >= 15 is 0 Å². The predicted octanol–water partition coefficient (Wildman–Crippen LogP) is 4.32. The first kappa shape index (κ1) is 16.7. The van der Waals surface area contributed by atoms with E-state index in [2.05, 4.69) is 36.6 Å². The van der Waals surface area contributed by atoms with E-state index in [-0.39, 0.29) is 4.90 Å². The Labute approximate surface area is 144 Å². The quantitative estimate of drug-likeness (QED) is 0.536. The van der Waals surface area contributed by atoms with Crippen molar-refractivity contribution in [3.8, 4) is 0 Å². The molecule has 4 nitrogen and oxygen atoms in total. The number of hydrogen-bond acceptors (Lipinski definition) is 4. The van der Waals surface area contributed by atoms with Gasteiger partial charge in [-0.3, -0.25) is 4.72 Å². The van der Waals surface area contributed by atoms with E-state index in [1.807, 2.05) is 18.4 Å². The zero-order valence-corrected chi connectivity index (χ0v) is 15.7. The third-order valence-corrected chi connectivity index (χ3v) is 6.63. The number of hydrogen-bond donors (Lipinski definition) is 2. The first-order valence-electron chi connectivity index (χ1n) is 5.75. The van der Waals surface area contributed by atoms with Crippen molar-refractivity contribution in [2.75, 3.05) is 16.7 Å². The van der Waals surface area contributed by atoms with Crippen molar-refractivity contribution in [2.45, 2.75) is 9.79 Å². The molecule has 0 bridgehead atoms. The van der Waals surface area contributed by atoms with E-state index in [1.54, 1.807) is 36.0 Å². The molecule has 0 aliphatic carbocycles. The monoisotopic (exact) mass is 450 g/mol. The molecule has 0 aliphatic heterocycles. The summed E-state index contributed by atoms with van der Waals surface area (Å²) in [4.78, 5) is 1.18. The zero-order chi connectivity index (χ0) is 15.6. The van der Waals surface area contributed by atoms with Crippen LogP contribution in [0.4, 0.5) is 11.4 Å². The fourth-order valence-electron chi connectivity index (χ4n) is 1.70. The van der Waals surface area contributed by atoms with E-state index in [1.165, 1.54) is 0 Å². The van der Waals surface area contributed by atoms with Crippen LogP contribution in [0.5, 0.6) is 0 Å². The van der Waals surface area contributed by atoms with Crippen LogP contribution in [-0.4, -0.2) is 14.7 Å². The molecule has 0 amide bonds. The van der Waals surface area contributed by atoms with E-state index in [4.69, 9.17) is 5.73 Å². The van der Waals surface area contributed by atoms with Crippen molar-refractivity contribution in [3.05, 3.63) is 45.3 Å². The van der Waals surface area contributed by atoms with Crippen LogP contribution in [0.15, 0.2) is 55.1 Å². The molecule has 0 atom stereocenters. The van der Waals surface area contributed by atoms with E-state index in [0.29, 0.717) is 20.3 Å². The van der Waals surface area contributed by atoms with Crippen molar-refractivity contribution in [2.24, 2.45) is 0 Å². The number of sulfonamides is 1. The van der Waals surface area contributed by atoms with Crippen molar-refractivity contribution in [1.82, 2.24) is 0 Å². The average Bonchev–Trinajstić information content (AvgIpc) is 2.37. The van der Waals surface area contributed by atoms with Crippen molar-refractivity contribution >= 4 is 65.0 Å². The molecular weight excluding hydrogens is 440 g/mol. The first-order chi connectivity index (χ1) is 9.83. The zero-order valence-electron chi connectivity index (χ0n) is 10.9. The molecule has 0 spiro atoms. The Bertz CT molecular complexity index is 739. The molecular formula is C13H12Br2N2O2S2. The smallest absolute Gasteiger partial charge is 0.264 e. The number of nitrogen functional groups attached to an aromatic ring is 1. The molecule has 2 rings (SSSR count). The molecule has 0 radical (unpaired) electrons. The number of benzene rings is 2.